The molecular formula is C24H26N2O3. The van der Waals surface area contributed by atoms with Crippen LogP contribution in [0, 0.1) is 6.92 Å². The van der Waals surface area contributed by atoms with Gasteiger partial charge in [0, 0.05) is 6.20 Å². The van der Waals surface area contributed by atoms with Gasteiger partial charge in [-0.1, -0.05) is 30.3 Å². The third-order valence-electron chi connectivity index (χ3n) is 4.05. The van der Waals surface area contributed by atoms with Crippen molar-refractivity contribution in [3.8, 4) is 5.75 Å². The van der Waals surface area contributed by atoms with Crippen molar-refractivity contribution in [2.24, 2.45) is 0 Å². The van der Waals surface area contributed by atoms with Crippen LogP contribution in [0.2, 0.25) is 0 Å². The summed E-state index contributed by atoms with van der Waals surface area (Å²) in [5, 5.41) is 0. The van der Waals surface area contributed by atoms with E-state index >= 15 is 0 Å². The standard InChI is InChI=1S/C24H26N2O3/c1-18-14-15-25-22(16-18)26(23(27)29-24(2,3)4)20-10-12-21(13-11-20)28-17-19-8-6-5-7-9-19/h5-16H,17H2,1-4H3. The van der Waals surface area contributed by atoms with Gasteiger partial charge >= 0.3 is 6.09 Å². The molecule has 5 heteroatoms. The molecule has 150 valence electrons. The Balaban J connectivity index is 1.82. The summed E-state index contributed by atoms with van der Waals surface area (Å²) < 4.78 is 11.4. The number of hydrogen-bond acceptors (Lipinski definition) is 4. The number of hydrogen-bond donors (Lipinski definition) is 0. The first-order valence-corrected chi connectivity index (χ1v) is 9.54. The van der Waals surface area contributed by atoms with E-state index in [-0.39, 0.29) is 0 Å². The fourth-order valence-electron chi connectivity index (χ4n) is 2.71. The molecule has 2 aromatic carbocycles. The van der Waals surface area contributed by atoms with Crippen molar-refractivity contribution in [2.75, 3.05) is 4.90 Å². The van der Waals surface area contributed by atoms with E-state index in [0.29, 0.717) is 18.1 Å². The zero-order valence-corrected chi connectivity index (χ0v) is 17.3. The predicted octanol–water partition coefficient (Wildman–Crippen LogP) is 6.04. The van der Waals surface area contributed by atoms with E-state index in [1.54, 1.807) is 6.20 Å². The zero-order valence-electron chi connectivity index (χ0n) is 17.3. The molecule has 0 saturated carbocycles. The lowest BCUT2D eigenvalue weighted by Gasteiger charge is -2.27. The van der Waals surface area contributed by atoms with Crippen LogP contribution in [0.25, 0.3) is 0 Å². The molecule has 0 fully saturated rings. The molecule has 0 aliphatic carbocycles. The van der Waals surface area contributed by atoms with Crippen molar-refractivity contribution in [2.45, 2.75) is 39.9 Å². The molecule has 1 amide bonds. The van der Waals surface area contributed by atoms with Crippen LogP contribution >= 0.6 is 0 Å². The maximum absolute atomic E-state index is 12.9. The van der Waals surface area contributed by atoms with Crippen LogP contribution in [-0.2, 0) is 11.3 Å². The highest BCUT2D eigenvalue weighted by Gasteiger charge is 2.26. The van der Waals surface area contributed by atoms with Crippen molar-refractivity contribution in [3.05, 3.63) is 84.1 Å². The molecule has 0 aliphatic heterocycles. The average Bonchev–Trinajstić information content (AvgIpc) is 2.67. The van der Waals surface area contributed by atoms with Crippen LogP contribution < -0.4 is 9.64 Å². The summed E-state index contributed by atoms with van der Waals surface area (Å²) in [7, 11) is 0. The minimum Gasteiger partial charge on any atom is -0.489 e. The highest BCUT2D eigenvalue weighted by atomic mass is 16.6. The van der Waals surface area contributed by atoms with E-state index in [1.807, 2.05) is 94.4 Å². The molecule has 0 bridgehead atoms. The van der Waals surface area contributed by atoms with Crippen LogP contribution in [0.1, 0.15) is 31.9 Å². The normalized spacial score (nSPS) is 11.0. The van der Waals surface area contributed by atoms with Gasteiger partial charge in [0.1, 0.15) is 23.8 Å². The minimum atomic E-state index is -0.613. The highest BCUT2D eigenvalue weighted by Crippen LogP contribution is 2.28. The second-order valence-corrected chi connectivity index (χ2v) is 7.78. The van der Waals surface area contributed by atoms with Gasteiger partial charge in [-0.15, -0.1) is 0 Å². The minimum absolute atomic E-state index is 0.478. The maximum atomic E-state index is 12.9. The Morgan fingerprint density at radius 1 is 1.00 bits per heavy atom. The first-order chi connectivity index (χ1) is 13.8. The third kappa shape index (κ3) is 5.82. The summed E-state index contributed by atoms with van der Waals surface area (Å²) in [5.74, 6) is 1.23. The lowest BCUT2D eigenvalue weighted by molar-refractivity contribution is 0.0598. The molecule has 0 spiro atoms. The van der Waals surface area contributed by atoms with E-state index in [1.165, 1.54) is 4.90 Å². The molecule has 0 saturated heterocycles. The number of pyridine rings is 1. The fourth-order valence-corrected chi connectivity index (χ4v) is 2.71. The van der Waals surface area contributed by atoms with Gasteiger partial charge in [0.15, 0.2) is 0 Å². The molecule has 0 N–H and O–H groups in total. The third-order valence-corrected chi connectivity index (χ3v) is 4.05. The van der Waals surface area contributed by atoms with Gasteiger partial charge in [0.05, 0.1) is 5.69 Å². The Bertz CT molecular complexity index is 948. The van der Waals surface area contributed by atoms with Gasteiger partial charge in [-0.2, -0.15) is 0 Å². The highest BCUT2D eigenvalue weighted by molar-refractivity contribution is 5.95. The van der Waals surface area contributed by atoms with Crippen molar-refractivity contribution < 1.29 is 14.3 Å². The Kier molecular flexibility index (Phi) is 6.17. The fraction of sp³-hybridized carbons (Fsp3) is 0.250. The van der Waals surface area contributed by atoms with Crippen LogP contribution in [0.4, 0.5) is 16.3 Å². The van der Waals surface area contributed by atoms with E-state index < -0.39 is 11.7 Å². The first kappa shape index (κ1) is 20.4. The summed E-state index contributed by atoms with van der Waals surface area (Å²) in [6.07, 6.45) is 1.20. The number of nitrogens with zero attached hydrogens (tertiary/aromatic N) is 2. The number of benzene rings is 2. The second-order valence-electron chi connectivity index (χ2n) is 7.78. The molecule has 1 aromatic heterocycles. The van der Waals surface area contributed by atoms with Crippen molar-refractivity contribution in [1.82, 2.24) is 4.98 Å². The topological polar surface area (TPSA) is 51.7 Å². The summed E-state index contributed by atoms with van der Waals surface area (Å²) >= 11 is 0. The molecule has 0 unspecified atom stereocenters. The smallest absolute Gasteiger partial charge is 0.420 e. The van der Waals surface area contributed by atoms with Gasteiger partial charge in [0.2, 0.25) is 0 Å². The molecular weight excluding hydrogens is 364 g/mol. The van der Waals surface area contributed by atoms with Gasteiger partial charge in [0.25, 0.3) is 0 Å². The van der Waals surface area contributed by atoms with Crippen LogP contribution in [0.5, 0.6) is 5.75 Å². The SMILES string of the molecule is Cc1ccnc(N(C(=O)OC(C)(C)C)c2ccc(OCc3ccccc3)cc2)c1. The molecule has 3 aromatic rings. The van der Waals surface area contributed by atoms with E-state index in [0.717, 1.165) is 16.9 Å². The number of carbonyl (C=O) groups is 1. The average molecular weight is 390 g/mol. The maximum Gasteiger partial charge on any atom is 0.420 e. The lowest BCUT2D eigenvalue weighted by Crippen LogP contribution is -2.34. The van der Waals surface area contributed by atoms with Gasteiger partial charge in [-0.25, -0.2) is 14.7 Å². The summed E-state index contributed by atoms with van der Waals surface area (Å²) in [5.41, 5.74) is 2.14. The summed E-state index contributed by atoms with van der Waals surface area (Å²) in [4.78, 5) is 18.7. The largest absolute Gasteiger partial charge is 0.489 e. The number of aryl methyl sites for hydroxylation is 1. The van der Waals surface area contributed by atoms with Crippen LogP contribution in [0.3, 0.4) is 0 Å². The van der Waals surface area contributed by atoms with Crippen LogP contribution in [-0.4, -0.2) is 16.7 Å². The van der Waals surface area contributed by atoms with E-state index in [9.17, 15) is 4.79 Å². The molecule has 0 atom stereocenters. The Labute approximate surface area is 171 Å². The van der Waals surface area contributed by atoms with Crippen molar-refractivity contribution in [3.63, 3.8) is 0 Å². The molecule has 0 radical (unpaired) electrons. The number of rotatable bonds is 5. The predicted molar refractivity (Wildman–Crippen MR) is 115 cm³/mol. The molecule has 0 aliphatic rings. The monoisotopic (exact) mass is 390 g/mol. The van der Waals surface area contributed by atoms with Gasteiger partial charge in [-0.3, -0.25) is 0 Å². The van der Waals surface area contributed by atoms with E-state index in [2.05, 4.69) is 4.98 Å². The quantitative estimate of drug-likeness (QED) is 0.533. The number of ether oxygens (including phenoxy) is 2. The Hall–Kier alpha value is -3.34. The van der Waals surface area contributed by atoms with Gasteiger partial charge < -0.3 is 9.47 Å². The van der Waals surface area contributed by atoms with E-state index in [4.69, 9.17) is 9.47 Å². The second kappa shape index (κ2) is 8.78. The molecule has 29 heavy (non-hydrogen) atoms. The van der Waals surface area contributed by atoms with Crippen molar-refractivity contribution >= 4 is 17.6 Å². The molecule has 3 rings (SSSR count). The number of amides is 1. The molecule has 1 heterocycles. The number of carbonyl (C=O) groups excluding carboxylic acids is 1. The first-order valence-electron chi connectivity index (χ1n) is 9.54. The van der Waals surface area contributed by atoms with Crippen LogP contribution in [0.15, 0.2) is 72.9 Å². The Morgan fingerprint density at radius 2 is 1.69 bits per heavy atom. The number of aromatic nitrogens is 1. The Morgan fingerprint density at radius 3 is 2.31 bits per heavy atom. The summed E-state index contributed by atoms with van der Waals surface area (Å²) in [6.45, 7) is 7.96. The summed E-state index contributed by atoms with van der Waals surface area (Å²) in [6, 6.07) is 21.0. The molecule has 5 nitrogen and oxygen atoms in total. The van der Waals surface area contributed by atoms with Crippen molar-refractivity contribution in [1.29, 1.82) is 0 Å². The van der Waals surface area contributed by atoms with Gasteiger partial charge in [-0.05, 0) is 75.2 Å². The lowest BCUT2D eigenvalue weighted by atomic mass is 10.2. The zero-order chi connectivity index (χ0) is 20.9. The number of anilines is 2.